The first-order chi connectivity index (χ1) is 67.6. The van der Waals surface area contributed by atoms with Gasteiger partial charge in [0.2, 0.25) is 24.9 Å². The topological polar surface area (TPSA) is 533 Å². The molecule has 16 heterocycles. The Morgan fingerprint density at radius 2 is 0.657 bits per heavy atom. The van der Waals surface area contributed by atoms with Crippen molar-refractivity contribution in [2.45, 2.75) is 203 Å². The van der Waals surface area contributed by atoms with E-state index in [2.05, 4.69) is 51.8 Å². The molecule has 8 fully saturated rings. The summed E-state index contributed by atoms with van der Waals surface area (Å²) in [6, 6.07) is 24.2. The Labute approximate surface area is 803 Å². The lowest BCUT2D eigenvalue weighted by Gasteiger charge is -2.32. The average molecular weight is 2100 g/mol. The van der Waals surface area contributed by atoms with Gasteiger partial charge in [0.25, 0.3) is 23.6 Å². The number of hydrogen-bond acceptors (Lipinski definition) is 38. The monoisotopic (exact) mass is 2100 g/mol. The van der Waals surface area contributed by atoms with E-state index in [4.69, 9.17) is 92.2 Å². The lowest BCUT2D eigenvalue weighted by molar-refractivity contribution is -0.139. The second kappa shape index (κ2) is 40.7. The van der Waals surface area contributed by atoms with E-state index in [0.717, 1.165) is 35.9 Å². The van der Waals surface area contributed by atoms with Crippen molar-refractivity contribution in [1.29, 1.82) is 0 Å². The van der Waals surface area contributed by atoms with E-state index in [1.54, 1.807) is 128 Å². The van der Waals surface area contributed by atoms with Crippen LogP contribution in [0.3, 0.4) is 0 Å². The van der Waals surface area contributed by atoms with Gasteiger partial charge >= 0.3 is 77.7 Å². The van der Waals surface area contributed by atoms with Crippen LogP contribution in [0.4, 0.5) is 69.8 Å². The van der Waals surface area contributed by atoms with Gasteiger partial charge in [-0.15, -0.1) is 0 Å². The Morgan fingerprint density at radius 1 is 0.385 bits per heavy atom. The minimum Gasteiger partial charge on any atom is -0.493 e. The molecule has 46 nitrogen and oxygen atoms in total. The third-order valence-corrected chi connectivity index (χ3v) is 29.1. The molecule has 17 atom stereocenters. The molecule has 20 rings (SSSR count). The summed E-state index contributed by atoms with van der Waals surface area (Å²) >= 11 is 0. The number of benzene rings is 4. The van der Waals surface area contributed by atoms with Gasteiger partial charge in [0.15, 0.2) is 24.4 Å². The molecule has 4 aromatic carbocycles. The molecule has 8 saturated heterocycles. The minimum absolute atomic E-state index is 0.0129. The number of hydrogen-bond donors (Lipinski definition) is 6. The van der Waals surface area contributed by atoms with Crippen molar-refractivity contribution >= 4 is 89.6 Å². The second-order valence-corrected chi connectivity index (χ2v) is 41.0. The molecule has 0 bridgehead atoms. The van der Waals surface area contributed by atoms with E-state index < -0.39 is 226 Å². The number of fused-ring (bicyclic) bond motifs is 8. The van der Waals surface area contributed by atoms with Crippen LogP contribution in [0.25, 0.3) is 0 Å². The normalized spacial score (nSPS) is 29.1. The van der Waals surface area contributed by atoms with Crippen LogP contribution in [-0.2, 0) is 104 Å². The highest BCUT2D eigenvalue weighted by Gasteiger charge is 2.70. The lowest BCUT2D eigenvalue weighted by atomic mass is 10.1. The maximum absolute atomic E-state index is 15.2. The molecular weight excluding hydrogens is 2000 g/mol. The molecule has 770 valence electrons. The van der Waals surface area contributed by atoms with E-state index in [1.165, 1.54) is 24.3 Å². The highest BCUT2D eigenvalue weighted by Crippen LogP contribution is 2.65. The van der Waals surface area contributed by atoms with Crippen molar-refractivity contribution < 1.29 is 165 Å². The Morgan fingerprint density at radius 3 is 0.951 bits per heavy atom. The highest BCUT2D eigenvalue weighted by atomic mass is 31.2. The van der Waals surface area contributed by atoms with Gasteiger partial charge in [-0.05, 0) is 171 Å². The quantitative estimate of drug-likeness (QED) is 0.0305. The molecule has 4 aromatic heterocycles. The highest BCUT2D eigenvalue weighted by molar-refractivity contribution is 7.49. The van der Waals surface area contributed by atoms with Gasteiger partial charge in [0.1, 0.15) is 90.0 Å². The second-order valence-electron chi connectivity index (χ2n) is 34.7. The number of nitrogens with one attached hydrogen (secondary N) is 6. The number of nitrogens with zero attached hydrogens (tertiary/aromatic N) is 8. The van der Waals surface area contributed by atoms with Crippen LogP contribution in [0.1, 0.15) is 140 Å². The zero-order valence-electron chi connectivity index (χ0n) is 76.6. The summed E-state index contributed by atoms with van der Waals surface area (Å²) < 4.78 is 278. The standard InChI is InChI=1S/C22H24F2N3O8P.2C21H23F2N4O8P.C21H22F2N3O8P/c1-11(2)34-36(30)31-10-16-18(35-36)22(23,24)20(33-16)27-7-6-17(26-21(27)29)25-19(28)13-4-5-15-14(9-13)8-12(3)32-15;2*1-11(2)34-36(30)32-10-15-17(35-36)21(22,23)19(33-15)27-7-5-16(26-20(27)29)25-18(28)12-3-4-14-13(9-12)24-6-8-31-14;1-11(2)33-35(29)31-10-15-17(34-35)21(22,23)19(32-15)26-7-5-16(25-20(26)28)24-18(27)13-3-4-14-12(9-13)6-8-30-14/h4-7,9,11-12,16,18,20H,8,10H2,1-3H3,(H,25,26,28,29);2*3-5,7,9,11,15,17,19,24H,6,8,10H2,1-2H3,(H,25,26,28,29);3-5,7,9,11,15,17,19H,6,8,10H2,1-2H3,(H,24,25,27,28)/t12?,16-,18-,20?,36?;2*15-,17-,19?,36?;15-,17-,19?,35?/m1111/s1. The van der Waals surface area contributed by atoms with Crippen LogP contribution in [0, 0.1) is 0 Å². The van der Waals surface area contributed by atoms with Crippen LogP contribution < -0.4 is 73.6 Å². The molecule has 0 aliphatic carbocycles. The van der Waals surface area contributed by atoms with Crippen LogP contribution in [-0.4, -0.2) is 224 Å². The zero-order valence-corrected chi connectivity index (χ0v) is 80.2. The van der Waals surface area contributed by atoms with Gasteiger partial charge in [-0.3, -0.25) is 91.7 Å². The zero-order chi connectivity index (χ0) is 102. The van der Waals surface area contributed by atoms with E-state index in [-0.39, 0.29) is 40.5 Å². The number of amides is 4. The summed E-state index contributed by atoms with van der Waals surface area (Å²) in [4.78, 5) is 116. The molecule has 9 unspecified atom stereocenters. The molecule has 0 spiro atoms. The predicted molar refractivity (Wildman–Crippen MR) is 477 cm³/mol. The Bertz CT molecular complexity index is 6510. The van der Waals surface area contributed by atoms with Gasteiger partial charge in [-0.1, -0.05) is 0 Å². The molecule has 58 heteroatoms. The number of anilines is 6. The summed E-state index contributed by atoms with van der Waals surface area (Å²) in [5.41, 5.74) is -0.0902. The van der Waals surface area contributed by atoms with E-state index in [1.807, 2.05) is 6.92 Å². The van der Waals surface area contributed by atoms with Gasteiger partial charge in [0, 0.05) is 73.0 Å². The fraction of sp³-hybridized carbons (Fsp3) is 0.482. The van der Waals surface area contributed by atoms with E-state index in [9.17, 15) is 56.6 Å². The first-order valence-electron chi connectivity index (χ1n) is 44.4. The molecular formula is C85H92F8N14O32P4. The maximum atomic E-state index is 15.2. The average Bonchev–Trinajstić information content (AvgIpc) is 1.60. The first kappa shape index (κ1) is 103. The molecule has 8 aromatic rings. The summed E-state index contributed by atoms with van der Waals surface area (Å²) in [7, 11) is -16.9. The number of ether oxygens (including phenoxy) is 8. The van der Waals surface area contributed by atoms with Crippen LogP contribution in [0.5, 0.6) is 23.0 Å². The van der Waals surface area contributed by atoms with E-state index >= 15 is 35.1 Å². The van der Waals surface area contributed by atoms with Crippen molar-refractivity contribution in [2.24, 2.45) is 0 Å². The Kier molecular flexibility index (Phi) is 29.4. The molecule has 12 aliphatic rings. The number of carbonyl (C=O) groups excluding carboxylic acids is 4. The third-order valence-electron chi connectivity index (χ3n) is 22.6. The molecule has 0 radical (unpaired) electrons. The summed E-state index contributed by atoms with van der Waals surface area (Å²) in [6.45, 7) is 15.2. The predicted octanol–water partition coefficient (Wildman–Crippen LogP) is 11.8. The Hall–Kier alpha value is -11.2. The number of aromatic nitrogens is 8. The molecule has 4 amide bonds. The van der Waals surface area contributed by atoms with Crippen LogP contribution in [0.2, 0.25) is 0 Å². The number of alkyl halides is 8. The Balaban J connectivity index is 0.000000131. The summed E-state index contributed by atoms with van der Waals surface area (Å²) in [6.07, 6.45) is -18.3. The van der Waals surface area contributed by atoms with Gasteiger partial charge in [-0.25, -0.2) is 37.4 Å². The number of carbonyl (C=O) groups is 4. The van der Waals surface area contributed by atoms with Crippen molar-refractivity contribution in [2.75, 3.05) is 91.2 Å². The molecule has 6 N–H and O–H groups in total. The fourth-order valence-electron chi connectivity index (χ4n) is 16.4. The van der Waals surface area contributed by atoms with Crippen molar-refractivity contribution in [3.05, 3.63) is 197 Å². The van der Waals surface area contributed by atoms with Gasteiger partial charge < -0.3 is 69.8 Å². The van der Waals surface area contributed by atoms with Gasteiger partial charge in [0.05, 0.1) is 68.8 Å². The SMILES string of the molecule is CC(C)OP1(=O)OC[C@H]2OC(n3ccc(NC(=O)c4ccc5c(c4)CC(C)O5)nc3=O)C(F)(F)[C@@H]2O1.CC(C)OP1(=O)OC[C@H]2OC(n3ccc(NC(=O)c4ccc5c(c4)CCO5)nc3=O)C(F)(F)[C@@H]2O1.CC(C)OP1(=O)OC[C@H]2OC(n3ccc(NC(=O)c4ccc5c(c4)NCCO5)nc3=O)C(F)(F)[C@@H]2O1.CC(C)OP1(=O)OC[C@H]2OC(n3ccc(NC(=O)c4ccc5c(c4)NCCO5)nc3=O)C(F)(F)[C@@H]2O1. The molecule has 0 saturated carbocycles. The summed E-state index contributed by atoms with van der Waals surface area (Å²) in [5.74, 6) is -15.1. The minimum atomic E-state index is -4.23. The number of phosphoric ester groups is 4. The van der Waals surface area contributed by atoms with Crippen molar-refractivity contribution in [3.63, 3.8) is 0 Å². The van der Waals surface area contributed by atoms with Gasteiger partial charge in [-0.2, -0.15) is 55.1 Å². The molecule has 143 heavy (non-hydrogen) atoms. The van der Waals surface area contributed by atoms with E-state index in [0.29, 0.717) is 110 Å². The smallest absolute Gasteiger partial charge is 0.475 e. The maximum Gasteiger partial charge on any atom is 0.475 e. The molecule has 12 aliphatic heterocycles. The largest absolute Gasteiger partial charge is 0.493 e. The number of phosphoric acid groups is 4. The number of halogens is 8. The number of rotatable bonds is 20. The van der Waals surface area contributed by atoms with Crippen LogP contribution in [0.15, 0.2) is 141 Å². The van der Waals surface area contributed by atoms with Crippen molar-refractivity contribution in [1.82, 2.24) is 38.2 Å². The van der Waals surface area contributed by atoms with Crippen molar-refractivity contribution in [3.8, 4) is 23.0 Å². The first-order valence-corrected chi connectivity index (χ1v) is 50.2. The third kappa shape index (κ3) is 22.2. The lowest BCUT2D eigenvalue weighted by Crippen LogP contribution is -2.45. The van der Waals surface area contributed by atoms with Crippen LogP contribution >= 0.6 is 31.3 Å². The summed E-state index contributed by atoms with van der Waals surface area (Å²) in [5, 5.41) is 16.1. The fourth-order valence-corrected chi connectivity index (χ4v) is 22.7.